The van der Waals surface area contributed by atoms with E-state index in [-0.39, 0.29) is 11.4 Å². The minimum Gasteiger partial charge on any atom is -0.473 e. The lowest BCUT2D eigenvalue weighted by Gasteiger charge is -2.11. The summed E-state index contributed by atoms with van der Waals surface area (Å²) in [6, 6.07) is 1.80. The maximum absolute atomic E-state index is 5.72. The van der Waals surface area contributed by atoms with E-state index in [1.807, 2.05) is 6.92 Å². The number of hydrogen-bond donors (Lipinski definition) is 1. The molecule has 0 unspecified atom stereocenters. The number of nitrogens with zero attached hydrogens (tertiary/aromatic N) is 2. The first-order chi connectivity index (χ1) is 6.74. The molecular formula is C9H12ClN3O. The molecule has 1 N–H and O–H groups in total. The van der Waals surface area contributed by atoms with Crippen molar-refractivity contribution < 1.29 is 4.74 Å². The van der Waals surface area contributed by atoms with Crippen LogP contribution in [0.2, 0.25) is 5.28 Å². The van der Waals surface area contributed by atoms with Gasteiger partial charge in [0.25, 0.3) is 0 Å². The highest BCUT2D eigenvalue weighted by atomic mass is 35.5. The van der Waals surface area contributed by atoms with Gasteiger partial charge in [-0.25, -0.2) is 4.98 Å². The molecule has 1 atom stereocenters. The number of aromatic nitrogens is 2. The van der Waals surface area contributed by atoms with E-state index in [9.17, 15) is 0 Å². The Kier molecular flexibility index (Phi) is 2.84. The Hall–Kier alpha value is -0.870. The van der Waals surface area contributed by atoms with Gasteiger partial charge < -0.3 is 10.1 Å². The average molecular weight is 214 g/mol. The summed E-state index contributed by atoms with van der Waals surface area (Å²) in [6.07, 6.45) is 1.22. The molecule has 4 nitrogen and oxygen atoms in total. The normalized spacial score (nSPS) is 21.1. The smallest absolute Gasteiger partial charge is 0.225 e. The van der Waals surface area contributed by atoms with Gasteiger partial charge >= 0.3 is 0 Å². The van der Waals surface area contributed by atoms with Crippen molar-refractivity contribution in [1.82, 2.24) is 15.3 Å². The summed E-state index contributed by atoms with van der Waals surface area (Å²) in [6.45, 7) is 3.75. The van der Waals surface area contributed by atoms with Crippen molar-refractivity contribution in [2.24, 2.45) is 0 Å². The molecule has 1 aliphatic heterocycles. The first-order valence-electron chi connectivity index (χ1n) is 4.62. The fourth-order valence-electron chi connectivity index (χ4n) is 1.46. The fraction of sp³-hybridized carbons (Fsp3) is 0.556. The van der Waals surface area contributed by atoms with E-state index < -0.39 is 0 Å². The Morgan fingerprint density at radius 1 is 1.57 bits per heavy atom. The van der Waals surface area contributed by atoms with E-state index in [0.717, 1.165) is 25.2 Å². The number of nitrogens with one attached hydrogen (secondary N) is 1. The van der Waals surface area contributed by atoms with E-state index in [2.05, 4.69) is 15.3 Å². The lowest BCUT2D eigenvalue weighted by Crippen LogP contribution is -2.20. The van der Waals surface area contributed by atoms with Gasteiger partial charge in [-0.3, -0.25) is 0 Å². The number of rotatable bonds is 2. The first-order valence-corrected chi connectivity index (χ1v) is 5.00. The minimum absolute atomic E-state index is 0.209. The van der Waals surface area contributed by atoms with Crippen LogP contribution in [0.4, 0.5) is 0 Å². The van der Waals surface area contributed by atoms with Gasteiger partial charge in [-0.05, 0) is 31.5 Å². The monoisotopic (exact) mass is 213 g/mol. The summed E-state index contributed by atoms with van der Waals surface area (Å²) < 4.78 is 5.64. The van der Waals surface area contributed by atoms with Crippen LogP contribution in [0.15, 0.2) is 6.07 Å². The quantitative estimate of drug-likeness (QED) is 0.750. The number of ether oxygens (including phenoxy) is 1. The van der Waals surface area contributed by atoms with Gasteiger partial charge in [-0.15, -0.1) is 0 Å². The lowest BCUT2D eigenvalue weighted by molar-refractivity contribution is 0.213. The van der Waals surface area contributed by atoms with Crippen molar-refractivity contribution >= 4 is 11.6 Å². The Bertz CT molecular complexity index is 306. The summed E-state index contributed by atoms with van der Waals surface area (Å²) in [5, 5.41) is 3.46. The van der Waals surface area contributed by atoms with Crippen LogP contribution >= 0.6 is 11.6 Å². The molecule has 0 spiro atoms. The number of aryl methyl sites for hydroxylation is 1. The van der Waals surface area contributed by atoms with E-state index in [0.29, 0.717) is 5.88 Å². The second-order valence-corrected chi connectivity index (χ2v) is 3.69. The maximum atomic E-state index is 5.72. The summed E-state index contributed by atoms with van der Waals surface area (Å²) in [5.41, 5.74) is 0.825. The van der Waals surface area contributed by atoms with Crippen LogP contribution < -0.4 is 10.1 Å². The zero-order chi connectivity index (χ0) is 9.97. The van der Waals surface area contributed by atoms with Crippen molar-refractivity contribution in [1.29, 1.82) is 0 Å². The second-order valence-electron chi connectivity index (χ2n) is 3.35. The Morgan fingerprint density at radius 3 is 3.07 bits per heavy atom. The van der Waals surface area contributed by atoms with Crippen molar-refractivity contribution in [2.75, 3.05) is 13.1 Å². The van der Waals surface area contributed by atoms with Gasteiger partial charge in [0.15, 0.2) is 0 Å². The van der Waals surface area contributed by atoms with Crippen LogP contribution in [0.25, 0.3) is 0 Å². The van der Waals surface area contributed by atoms with Crippen LogP contribution in [-0.4, -0.2) is 29.2 Å². The molecule has 0 aromatic carbocycles. The number of hydrogen-bond acceptors (Lipinski definition) is 4. The first kappa shape index (κ1) is 9.68. The standard InChI is InChI=1S/C9H12ClN3O/c1-6-4-8(13-9(10)12-6)14-7-2-3-11-5-7/h4,7,11H,2-3,5H2,1H3/t7-/m0/s1. The van der Waals surface area contributed by atoms with E-state index in [4.69, 9.17) is 16.3 Å². The average Bonchev–Trinajstić information content (AvgIpc) is 2.54. The van der Waals surface area contributed by atoms with Crippen molar-refractivity contribution in [3.8, 4) is 5.88 Å². The van der Waals surface area contributed by atoms with Crippen LogP contribution in [0.1, 0.15) is 12.1 Å². The van der Waals surface area contributed by atoms with Crippen LogP contribution in [0, 0.1) is 6.92 Å². The second kappa shape index (κ2) is 4.11. The molecule has 0 amide bonds. The molecule has 0 aliphatic carbocycles. The predicted octanol–water partition coefficient (Wildman–Crippen LogP) is 1.18. The third-order valence-electron chi connectivity index (χ3n) is 2.11. The molecule has 0 radical (unpaired) electrons. The highest BCUT2D eigenvalue weighted by Crippen LogP contribution is 2.15. The van der Waals surface area contributed by atoms with E-state index in [1.165, 1.54) is 0 Å². The summed E-state index contributed by atoms with van der Waals surface area (Å²) in [4.78, 5) is 7.97. The molecule has 1 aliphatic rings. The van der Waals surface area contributed by atoms with Gasteiger partial charge in [0, 0.05) is 18.3 Å². The van der Waals surface area contributed by atoms with Crippen LogP contribution in [-0.2, 0) is 0 Å². The SMILES string of the molecule is Cc1cc(O[C@H]2CCNC2)nc(Cl)n1. The molecule has 2 heterocycles. The Morgan fingerprint density at radius 2 is 2.43 bits per heavy atom. The zero-order valence-electron chi connectivity index (χ0n) is 7.96. The van der Waals surface area contributed by atoms with Crippen molar-refractivity contribution in [3.05, 3.63) is 17.0 Å². The van der Waals surface area contributed by atoms with Crippen LogP contribution in [0.5, 0.6) is 5.88 Å². The highest BCUT2D eigenvalue weighted by molar-refractivity contribution is 6.28. The molecule has 0 bridgehead atoms. The molecule has 76 valence electrons. The van der Waals surface area contributed by atoms with Crippen molar-refractivity contribution in [3.63, 3.8) is 0 Å². The largest absolute Gasteiger partial charge is 0.473 e. The van der Waals surface area contributed by atoms with E-state index in [1.54, 1.807) is 6.07 Å². The topological polar surface area (TPSA) is 47.0 Å². The number of halogens is 1. The molecule has 1 fully saturated rings. The molecule has 14 heavy (non-hydrogen) atoms. The summed E-state index contributed by atoms with van der Waals surface area (Å²) in [7, 11) is 0. The van der Waals surface area contributed by atoms with Gasteiger partial charge in [0.2, 0.25) is 11.2 Å². The third kappa shape index (κ3) is 2.33. The Labute approximate surface area is 87.7 Å². The highest BCUT2D eigenvalue weighted by Gasteiger charge is 2.16. The van der Waals surface area contributed by atoms with Gasteiger partial charge in [-0.1, -0.05) is 0 Å². The molecule has 1 aromatic rings. The maximum Gasteiger partial charge on any atom is 0.225 e. The van der Waals surface area contributed by atoms with Crippen LogP contribution in [0.3, 0.4) is 0 Å². The van der Waals surface area contributed by atoms with Crippen molar-refractivity contribution in [2.45, 2.75) is 19.4 Å². The predicted molar refractivity (Wildman–Crippen MR) is 53.7 cm³/mol. The van der Waals surface area contributed by atoms with Gasteiger partial charge in [0.1, 0.15) is 6.10 Å². The molecule has 1 aromatic heterocycles. The molecule has 0 saturated carbocycles. The zero-order valence-corrected chi connectivity index (χ0v) is 8.71. The summed E-state index contributed by atoms with van der Waals surface area (Å²) >= 11 is 5.72. The third-order valence-corrected chi connectivity index (χ3v) is 2.27. The molecular weight excluding hydrogens is 202 g/mol. The molecule has 5 heteroatoms. The molecule has 1 saturated heterocycles. The lowest BCUT2D eigenvalue weighted by atomic mass is 10.3. The molecule has 2 rings (SSSR count). The van der Waals surface area contributed by atoms with Gasteiger partial charge in [-0.2, -0.15) is 4.98 Å². The minimum atomic E-state index is 0.209. The Balaban J connectivity index is 2.07. The summed E-state index contributed by atoms with van der Waals surface area (Å²) in [5.74, 6) is 0.566. The van der Waals surface area contributed by atoms with E-state index >= 15 is 0 Å². The fourth-order valence-corrected chi connectivity index (χ4v) is 1.68. The van der Waals surface area contributed by atoms with Gasteiger partial charge in [0.05, 0.1) is 0 Å².